The van der Waals surface area contributed by atoms with Crippen molar-refractivity contribution in [2.45, 2.75) is 0 Å². The highest BCUT2D eigenvalue weighted by Crippen LogP contribution is 2.21. The van der Waals surface area contributed by atoms with E-state index in [1.807, 2.05) is 41.3 Å². The zero-order valence-corrected chi connectivity index (χ0v) is 17.8. The number of anilines is 1. The van der Waals surface area contributed by atoms with Gasteiger partial charge in [-0.3, -0.25) is 4.79 Å². The van der Waals surface area contributed by atoms with Gasteiger partial charge in [-0.15, -0.1) is 0 Å². The quantitative estimate of drug-likeness (QED) is 0.639. The van der Waals surface area contributed by atoms with Crippen molar-refractivity contribution < 1.29 is 17.6 Å². The topological polar surface area (TPSA) is 69.7 Å². The molecule has 31 heavy (non-hydrogen) atoms. The smallest absolute Gasteiger partial charge is 0.251 e. The van der Waals surface area contributed by atoms with Crippen LogP contribution < -0.4 is 10.2 Å². The number of sulfonamides is 1. The van der Waals surface area contributed by atoms with Crippen molar-refractivity contribution >= 4 is 32.4 Å². The summed E-state index contributed by atoms with van der Waals surface area (Å²) < 4.78 is 40.8. The van der Waals surface area contributed by atoms with Gasteiger partial charge in [-0.1, -0.05) is 48.5 Å². The van der Waals surface area contributed by atoms with Gasteiger partial charge in [-0.2, -0.15) is 4.31 Å². The summed E-state index contributed by atoms with van der Waals surface area (Å²) in [5, 5.41) is 4.51. The fourth-order valence-corrected chi connectivity index (χ4v) is 5.19. The Labute approximate surface area is 181 Å². The van der Waals surface area contributed by atoms with Crippen LogP contribution >= 0.6 is 0 Å². The molecule has 0 bridgehead atoms. The van der Waals surface area contributed by atoms with Crippen molar-refractivity contribution in [3.05, 3.63) is 78.1 Å². The second kappa shape index (κ2) is 9.03. The van der Waals surface area contributed by atoms with Gasteiger partial charge < -0.3 is 10.2 Å². The molecule has 1 aliphatic heterocycles. The third kappa shape index (κ3) is 4.70. The minimum atomic E-state index is -3.52. The van der Waals surface area contributed by atoms with E-state index < -0.39 is 10.0 Å². The largest absolute Gasteiger partial charge is 0.367 e. The Morgan fingerprint density at radius 2 is 1.58 bits per heavy atom. The Morgan fingerprint density at radius 1 is 0.903 bits per heavy atom. The number of hydrogen-bond donors (Lipinski definition) is 1. The number of nitrogens with one attached hydrogen (secondary N) is 1. The maximum absolute atomic E-state index is 14.0. The lowest BCUT2D eigenvalue weighted by molar-refractivity contribution is 0.0957. The SMILES string of the molecule is O=C(NCCS(=O)(=O)N1CCN(c2ccccc2F)CC1)c1cccc2ccccc12. The summed E-state index contributed by atoms with van der Waals surface area (Å²) in [4.78, 5) is 14.4. The Morgan fingerprint density at radius 3 is 2.35 bits per heavy atom. The van der Waals surface area contributed by atoms with Gasteiger partial charge in [-0.25, -0.2) is 12.8 Å². The van der Waals surface area contributed by atoms with Crippen LogP contribution in [0.4, 0.5) is 10.1 Å². The van der Waals surface area contributed by atoms with E-state index in [4.69, 9.17) is 0 Å². The van der Waals surface area contributed by atoms with E-state index >= 15 is 0 Å². The van der Waals surface area contributed by atoms with Gasteiger partial charge in [0.05, 0.1) is 11.4 Å². The van der Waals surface area contributed by atoms with Crippen molar-refractivity contribution in [1.82, 2.24) is 9.62 Å². The number of nitrogens with zero attached hydrogens (tertiary/aromatic N) is 2. The molecule has 162 valence electrons. The van der Waals surface area contributed by atoms with Gasteiger partial charge in [0, 0.05) is 38.3 Å². The van der Waals surface area contributed by atoms with Gasteiger partial charge >= 0.3 is 0 Å². The summed E-state index contributed by atoms with van der Waals surface area (Å²) in [5.74, 6) is -0.783. The molecule has 0 unspecified atom stereocenters. The summed E-state index contributed by atoms with van der Waals surface area (Å²) in [6.45, 7) is 1.44. The molecular weight excluding hydrogens is 417 g/mol. The first-order valence-corrected chi connectivity index (χ1v) is 11.8. The molecule has 8 heteroatoms. The van der Waals surface area contributed by atoms with E-state index in [1.165, 1.54) is 10.4 Å². The normalized spacial score (nSPS) is 15.2. The number of rotatable bonds is 6. The number of carbonyl (C=O) groups excluding carboxylic acids is 1. The molecule has 0 spiro atoms. The minimum absolute atomic E-state index is 0.0257. The van der Waals surface area contributed by atoms with Gasteiger partial charge in [0.1, 0.15) is 5.82 Å². The summed E-state index contributed by atoms with van der Waals surface area (Å²) in [6.07, 6.45) is 0. The molecule has 6 nitrogen and oxygen atoms in total. The van der Waals surface area contributed by atoms with E-state index in [1.54, 1.807) is 24.3 Å². The molecule has 1 amide bonds. The fourth-order valence-electron chi connectivity index (χ4n) is 3.86. The Bertz CT molecular complexity index is 1190. The van der Waals surface area contributed by atoms with Crippen molar-refractivity contribution in [3.63, 3.8) is 0 Å². The lowest BCUT2D eigenvalue weighted by Crippen LogP contribution is -2.50. The van der Waals surface area contributed by atoms with Crippen LogP contribution in [0.5, 0.6) is 0 Å². The second-order valence-corrected chi connectivity index (χ2v) is 9.52. The third-order valence-electron chi connectivity index (χ3n) is 5.51. The second-order valence-electron chi connectivity index (χ2n) is 7.44. The zero-order chi connectivity index (χ0) is 21.8. The predicted octanol–water partition coefficient (Wildman–Crippen LogP) is 2.86. The maximum atomic E-state index is 14.0. The first kappa shape index (κ1) is 21.3. The first-order chi connectivity index (χ1) is 15.0. The van der Waals surface area contributed by atoms with Crippen LogP contribution in [0.2, 0.25) is 0 Å². The van der Waals surface area contributed by atoms with Crippen LogP contribution in [0.3, 0.4) is 0 Å². The van der Waals surface area contributed by atoms with Crippen LogP contribution in [0.1, 0.15) is 10.4 Å². The van der Waals surface area contributed by atoms with Crippen LogP contribution in [0.25, 0.3) is 10.8 Å². The van der Waals surface area contributed by atoms with Crippen molar-refractivity contribution in [2.75, 3.05) is 43.4 Å². The summed E-state index contributed by atoms with van der Waals surface area (Å²) in [7, 11) is -3.52. The van der Waals surface area contributed by atoms with Crippen LogP contribution in [0, 0.1) is 5.82 Å². The van der Waals surface area contributed by atoms with E-state index in [9.17, 15) is 17.6 Å². The van der Waals surface area contributed by atoms with E-state index in [2.05, 4.69) is 5.32 Å². The zero-order valence-electron chi connectivity index (χ0n) is 17.0. The molecule has 0 aliphatic carbocycles. The molecule has 1 aliphatic rings. The molecule has 0 aromatic heterocycles. The fraction of sp³-hybridized carbons (Fsp3) is 0.261. The molecule has 3 aromatic rings. The van der Waals surface area contributed by atoms with E-state index in [-0.39, 0.29) is 37.1 Å². The average Bonchev–Trinajstić information content (AvgIpc) is 2.79. The molecule has 1 N–H and O–H groups in total. The highest BCUT2D eigenvalue weighted by atomic mass is 32.2. The van der Waals surface area contributed by atoms with Gasteiger partial charge in [0.25, 0.3) is 5.91 Å². The highest BCUT2D eigenvalue weighted by molar-refractivity contribution is 7.89. The number of para-hydroxylation sites is 1. The Hall–Kier alpha value is -2.97. The number of benzene rings is 3. The molecule has 0 saturated carbocycles. The maximum Gasteiger partial charge on any atom is 0.251 e. The predicted molar refractivity (Wildman–Crippen MR) is 120 cm³/mol. The molecule has 0 atom stereocenters. The average molecular weight is 442 g/mol. The number of piperazine rings is 1. The molecular formula is C23H24FN3O3S. The van der Waals surface area contributed by atoms with Crippen molar-refractivity contribution in [3.8, 4) is 0 Å². The van der Waals surface area contributed by atoms with Crippen LogP contribution in [0.15, 0.2) is 66.7 Å². The number of fused-ring (bicyclic) bond motifs is 1. The Balaban J connectivity index is 1.32. The first-order valence-electron chi connectivity index (χ1n) is 10.2. The van der Waals surface area contributed by atoms with E-state index in [0.717, 1.165) is 10.8 Å². The molecule has 4 rings (SSSR count). The van der Waals surface area contributed by atoms with Gasteiger partial charge in [-0.05, 0) is 29.0 Å². The van der Waals surface area contributed by atoms with Gasteiger partial charge in [0.15, 0.2) is 0 Å². The summed E-state index contributed by atoms with van der Waals surface area (Å²) >= 11 is 0. The van der Waals surface area contributed by atoms with Crippen LogP contribution in [-0.2, 0) is 10.0 Å². The Kier molecular flexibility index (Phi) is 6.20. The van der Waals surface area contributed by atoms with Crippen molar-refractivity contribution in [1.29, 1.82) is 0 Å². The monoisotopic (exact) mass is 441 g/mol. The standard InChI is InChI=1S/C23H24FN3O3S/c24-21-10-3-4-11-22(21)26-13-15-27(16-14-26)31(29,30)17-12-25-23(28)20-9-5-7-18-6-1-2-8-19(18)20/h1-11H,12-17H2,(H,25,28). The van der Waals surface area contributed by atoms with Crippen molar-refractivity contribution in [2.24, 2.45) is 0 Å². The molecule has 3 aromatic carbocycles. The molecule has 0 radical (unpaired) electrons. The summed E-state index contributed by atoms with van der Waals surface area (Å²) in [5.41, 5.74) is 1.01. The highest BCUT2D eigenvalue weighted by Gasteiger charge is 2.27. The lowest BCUT2D eigenvalue weighted by atomic mass is 10.0. The molecule has 1 saturated heterocycles. The third-order valence-corrected chi connectivity index (χ3v) is 7.38. The number of carbonyl (C=O) groups is 1. The minimum Gasteiger partial charge on any atom is -0.367 e. The lowest BCUT2D eigenvalue weighted by Gasteiger charge is -2.35. The molecule has 1 fully saturated rings. The van der Waals surface area contributed by atoms with E-state index in [0.29, 0.717) is 24.3 Å². The number of amides is 1. The number of hydrogen-bond acceptors (Lipinski definition) is 4. The number of halogens is 1. The van der Waals surface area contributed by atoms with Crippen LogP contribution in [-0.4, -0.2) is 57.1 Å². The van der Waals surface area contributed by atoms with Gasteiger partial charge in [0.2, 0.25) is 10.0 Å². The molecule has 1 heterocycles. The summed E-state index contributed by atoms with van der Waals surface area (Å²) in [6, 6.07) is 19.5.